The van der Waals surface area contributed by atoms with E-state index in [-0.39, 0.29) is 13.2 Å². The van der Waals surface area contributed by atoms with Crippen LogP contribution in [0.2, 0.25) is 0 Å². The average Bonchev–Trinajstić information content (AvgIpc) is 2.24. The van der Waals surface area contributed by atoms with Crippen molar-refractivity contribution in [2.45, 2.75) is 12.3 Å². The summed E-state index contributed by atoms with van der Waals surface area (Å²) in [6.07, 6.45) is 0. The zero-order valence-corrected chi connectivity index (χ0v) is 12.2. The zero-order chi connectivity index (χ0) is 13.7. The molecule has 0 atom stereocenters. The Morgan fingerprint density at radius 2 is 1.89 bits per heavy atom. The lowest BCUT2D eigenvalue weighted by Crippen LogP contribution is -2.70. The van der Waals surface area contributed by atoms with Crippen LogP contribution in [0.25, 0.3) is 0 Å². The van der Waals surface area contributed by atoms with Gasteiger partial charge in [0.05, 0.1) is 31.8 Å². The van der Waals surface area contributed by atoms with Gasteiger partial charge in [-0.25, -0.2) is 0 Å². The molecule has 102 valence electrons. The number of benzene rings is 1. The van der Waals surface area contributed by atoms with E-state index in [1.165, 1.54) is 0 Å². The average molecular weight is 327 g/mol. The van der Waals surface area contributed by atoms with Crippen molar-refractivity contribution >= 4 is 21.9 Å². The van der Waals surface area contributed by atoms with Gasteiger partial charge in [0.2, 0.25) is 0 Å². The Bertz CT molecular complexity index is 532. The van der Waals surface area contributed by atoms with Crippen LogP contribution in [0, 0.1) is 12.3 Å². The third kappa shape index (κ3) is 1.61. The molecule has 0 bridgehead atoms. The SMILES string of the molecule is Cc1ccc(Br)cc1C1(C2(C(=O)O)COC2)COC1. The number of carboxylic acid groups (broad SMARTS) is 1. The summed E-state index contributed by atoms with van der Waals surface area (Å²) in [5.74, 6) is -0.790. The van der Waals surface area contributed by atoms with Gasteiger partial charge < -0.3 is 14.6 Å². The van der Waals surface area contributed by atoms with Crippen molar-refractivity contribution in [3.63, 3.8) is 0 Å². The maximum atomic E-state index is 11.8. The molecule has 1 aromatic carbocycles. The van der Waals surface area contributed by atoms with Gasteiger partial charge in [-0.1, -0.05) is 22.0 Å². The standard InChI is InChI=1S/C14H15BrO4/c1-9-2-3-10(15)4-11(9)13(5-18-6-13)14(12(16)17)7-19-8-14/h2-4H,5-8H2,1H3,(H,16,17). The first-order valence-electron chi connectivity index (χ1n) is 6.17. The first-order chi connectivity index (χ1) is 9.02. The molecule has 2 heterocycles. The fourth-order valence-corrected chi connectivity index (χ4v) is 3.38. The van der Waals surface area contributed by atoms with E-state index in [0.29, 0.717) is 13.2 Å². The van der Waals surface area contributed by atoms with Crippen LogP contribution in [0.15, 0.2) is 22.7 Å². The van der Waals surface area contributed by atoms with Gasteiger partial charge in [0.25, 0.3) is 0 Å². The van der Waals surface area contributed by atoms with E-state index in [1.54, 1.807) is 0 Å². The third-order valence-electron chi connectivity index (χ3n) is 4.43. The molecule has 1 N–H and O–H groups in total. The van der Waals surface area contributed by atoms with E-state index < -0.39 is 16.8 Å². The molecular weight excluding hydrogens is 312 g/mol. The number of carboxylic acids is 1. The van der Waals surface area contributed by atoms with Gasteiger partial charge in [-0.3, -0.25) is 4.79 Å². The summed E-state index contributed by atoms with van der Waals surface area (Å²) in [6.45, 7) is 3.42. The molecule has 2 fully saturated rings. The van der Waals surface area contributed by atoms with Crippen LogP contribution in [0.5, 0.6) is 0 Å². The normalized spacial score (nSPS) is 23.3. The fourth-order valence-electron chi connectivity index (χ4n) is 3.02. The van der Waals surface area contributed by atoms with E-state index in [2.05, 4.69) is 15.9 Å². The van der Waals surface area contributed by atoms with E-state index in [4.69, 9.17) is 9.47 Å². The van der Waals surface area contributed by atoms with Gasteiger partial charge in [-0.2, -0.15) is 0 Å². The maximum absolute atomic E-state index is 11.8. The van der Waals surface area contributed by atoms with Crippen molar-refractivity contribution in [1.29, 1.82) is 0 Å². The largest absolute Gasteiger partial charge is 0.481 e. The summed E-state index contributed by atoms with van der Waals surface area (Å²) in [5, 5.41) is 9.66. The summed E-state index contributed by atoms with van der Waals surface area (Å²) < 4.78 is 11.6. The predicted molar refractivity (Wildman–Crippen MR) is 72.3 cm³/mol. The van der Waals surface area contributed by atoms with E-state index in [1.807, 2.05) is 25.1 Å². The molecule has 5 heteroatoms. The molecule has 0 amide bonds. The van der Waals surface area contributed by atoms with Crippen LogP contribution < -0.4 is 0 Å². The van der Waals surface area contributed by atoms with Crippen molar-refractivity contribution in [3.8, 4) is 0 Å². The van der Waals surface area contributed by atoms with Crippen molar-refractivity contribution in [2.75, 3.05) is 26.4 Å². The summed E-state index contributed by atoms with van der Waals surface area (Å²) in [7, 11) is 0. The van der Waals surface area contributed by atoms with Gasteiger partial charge in [-0.15, -0.1) is 0 Å². The van der Waals surface area contributed by atoms with E-state index in [0.717, 1.165) is 15.6 Å². The highest BCUT2D eigenvalue weighted by atomic mass is 79.9. The van der Waals surface area contributed by atoms with Crippen molar-refractivity contribution in [3.05, 3.63) is 33.8 Å². The second kappa shape index (κ2) is 4.30. The number of halogens is 1. The minimum Gasteiger partial charge on any atom is -0.481 e. The molecule has 2 aliphatic rings. The van der Waals surface area contributed by atoms with Crippen LogP contribution in [-0.2, 0) is 19.7 Å². The number of carbonyl (C=O) groups is 1. The predicted octanol–water partition coefficient (Wildman–Crippen LogP) is 2.13. The number of aliphatic carboxylic acids is 1. The fraction of sp³-hybridized carbons (Fsp3) is 0.500. The Morgan fingerprint density at radius 1 is 1.26 bits per heavy atom. The molecule has 0 spiro atoms. The van der Waals surface area contributed by atoms with Crippen molar-refractivity contribution in [2.24, 2.45) is 5.41 Å². The molecule has 0 radical (unpaired) electrons. The molecule has 2 aliphatic heterocycles. The second-order valence-corrected chi connectivity index (χ2v) is 6.33. The van der Waals surface area contributed by atoms with Crippen LogP contribution in [0.3, 0.4) is 0 Å². The Hall–Kier alpha value is -0.910. The molecule has 0 aromatic heterocycles. The number of ether oxygens (including phenoxy) is 2. The van der Waals surface area contributed by atoms with Crippen LogP contribution >= 0.6 is 15.9 Å². The quantitative estimate of drug-likeness (QED) is 0.924. The minimum atomic E-state index is -0.850. The lowest BCUT2D eigenvalue weighted by Gasteiger charge is -2.57. The van der Waals surface area contributed by atoms with Crippen molar-refractivity contribution < 1.29 is 19.4 Å². The molecule has 0 saturated carbocycles. The lowest BCUT2D eigenvalue weighted by molar-refractivity contribution is -0.236. The molecule has 0 unspecified atom stereocenters. The molecule has 1 aromatic rings. The number of rotatable bonds is 3. The highest BCUT2D eigenvalue weighted by Gasteiger charge is 2.66. The molecule has 3 rings (SSSR count). The molecule has 2 saturated heterocycles. The highest BCUT2D eigenvalue weighted by molar-refractivity contribution is 9.10. The summed E-state index contributed by atoms with van der Waals surface area (Å²) in [6, 6.07) is 5.99. The number of hydrogen-bond acceptors (Lipinski definition) is 3. The van der Waals surface area contributed by atoms with Gasteiger partial charge in [0.1, 0.15) is 5.41 Å². The van der Waals surface area contributed by atoms with Crippen LogP contribution in [-0.4, -0.2) is 37.5 Å². The van der Waals surface area contributed by atoms with E-state index >= 15 is 0 Å². The number of hydrogen-bond donors (Lipinski definition) is 1. The summed E-state index contributed by atoms with van der Waals surface area (Å²) >= 11 is 3.47. The zero-order valence-electron chi connectivity index (χ0n) is 10.6. The second-order valence-electron chi connectivity index (χ2n) is 5.41. The monoisotopic (exact) mass is 326 g/mol. The third-order valence-corrected chi connectivity index (χ3v) is 4.93. The molecule has 4 nitrogen and oxygen atoms in total. The van der Waals surface area contributed by atoms with Gasteiger partial charge >= 0.3 is 5.97 Å². The van der Waals surface area contributed by atoms with Crippen LogP contribution in [0.1, 0.15) is 11.1 Å². The maximum Gasteiger partial charge on any atom is 0.315 e. The van der Waals surface area contributed by atoms with E-state index in [9.17, 15) is 9.90 Å². The first kappa shape index (κ1) is 13.1. The Kier molecular flexibility index (Phi) is 2.96. The lowest BCUT2D eigenvalue weighted by atomic mass is 9.56. The van der Waals surface area contributed by atoms with Gasteiger partial charge in [-0.05, 0) is 30.2 Å². The highest BCUT2D eigenvalue weighted by Crippen LogP contribution is 2.53. The molecule has 19 heavy (non-hydrogen) atoms. The minimum absolute atomic E-state index is 0.262. The first-order valence-corrected chi connectivity index (χ1v) is 6.97. The Morgan fingerprint density at radius 3 is 2.32 bits per heavy atom. The molecular formula is C14H15BrO4. The van der Waals surface area contributed by atoms with Gasteiger partial charge in [0, 0.05) is 4.47 Å². The smallest absolute Gasteiger partial charge is 0.315 e. The van der Waals surface area contributed by atoms with Crippen molar-refractivity contribution in [1.82, 2.24) is 0 Å². The number of aryl methyl sites for hydroxylation is 1. The topological polar surface area (TPSA) is 55.8 Å². The Labute approximate surface area is 119 Å². The summed E-state index contributed by atoms with van der Waals surface area (Å²) in [4.78, 5) is 11.8. The molecule has 0 aliphatic carbocycles. The van der Waals surface area contributed by atoms with Crippen LogP contribution in [0.4, 0.5) is 0 Å². The van der Waals surface area contributed by atoms with Gasteiger partial charge in [0.15, 0.2) is 0 Å². The Balaban J connectivity index is 2.13. The summed E-state index contributed by atoms with van der Waals surface area (Å²) in [5.41, 5.74) is 0.833.